The second-order valence-electron chi connectivity index (χ2n) is 8.65. The number of aliphatic hydroxyl groups is 4. The van der Waals surface area contributed by atoms with Crippen molar-refractivity contribution in [3.05, 3.63) is 14.7 Å². The molecular weight excluding hydrogens is 623 g/mol. The number of halogens is 1. The third-order valence-electron chi connectivity index (χ3n) is 6.09. The Hall–Kier alpha value is -0.910. The van der Waals surface area contributed by atoms with Gasteiger partial charge in [0.25, 0.3) is 0 Å². The Bertz CT molecular complexity index is 901. The minimum atomic E-state index is -1.10. The lowest BCUT2D eigenvalue weighted by atomic mass is 10.1. The highest BCUT2D eigenvalue weighted by Crippen LogP contribution is 2.48. The maximum Gasteiger partial charge on any atom is 0.224 e. The van der Waals surface area contributed by atoms with E-state index in [9.17, 15) is 25.2 Å². The van der Waals surface area contributed by atoms with Gasteiger partial charge in [-0.3, -0.25) is 4.79 Å². The van der Waals surface area contributed by atoms with Crippen LogP contribution in [0.4, 0.5) is 0 Å². The van der Waals surface area contributed by atoms with Crippen molar-refractivity contribution < 1.29 is 53.6 Å². The van der Waals surface area contributed by atoms with E-state index in [1.54, 1.807) is 27.7 Å². The number of thioether (sulfide) groups is 1. The number of hydrogen-bond donors (Lipinski definition) is 4. The largest absolute Gasteiger partial charge is 0.492 e. The second kappa shape index (κ2) is 14.5. The predicted molar refractivity (Wildman–Crippen MR) is 144 cm³/mol. The Morgan fingerprint density at radius 2 is 1.78 bits per heavy atom. The van der Waals surface area contributed by atoms with Crippen molar-refractivity contribution in [2.75, 3.05) is 27.9 Å². The van der Waals surface area contributed by atoms with Crippen LogP contribution in [0.2, 0.25) is 0 Å². The van der Waals surface area contributed by atoms with Crippen LogP contribution in [-0.4, -0.2) is 102 Å². The molecule has 0 aliphatic carbocycles. The van der Waals surface area contributed by atoms with Gasteiger partial charge in [-0.15, -0.1) is 0 Å². The normalized spacial score (nSPS) is 25.2. The van der Waals surface area contributed by atoms with Gasteiger partial charge < -0.3 is 48.8 Å². The SMILES string of the molecule is COc1c(OC(C)OC(C)C(O)C(CO)OC)c(I)c(C)c(C(=O)SC2C(O)CC(O)OC2C)c1OC. The van der Waals surface area contributed by atoms with Gasteiger partial charge in [0.05, 0.1) is 53.5 Å². The van der Waals surface area contributed by atoms with E-state index >= 15 is 0 Å². The van der Waals surface area contributed by atoms with E-state index in [-0.39, 0.29) is 41.0 Å². The molecule has 0 bridgehead atoms. The molecule has 0 radical (unpaired) electrons. The van der Waals surface area contributed by atoms with Crippen LogP contribution in [0.25, 0.3) is 0 Å². The quantitative estimate of drug-likeness (QED) is 0.191. The summed E-state index contributed by atoms with van der Waals surface area (Å²) in [6.45, 7) is 6.32. The lowest BCUT2D eigenvalue weighted by Gasteiger charge is -2.35. The van der Waals surface area contributed by atoms with Crippen LogP contribution in [0, 0.1) is 10.5 Å². The summed E-state index contributed by atoms with van der Waals surface area (Å²) in [4.78, 5) is 13.5. The summed E-state index contributed by atoms with van der Waals surface area (Å²) in [7, 11) is 4.21. The molecule has 8 unspecified atom stereocenters. The zero-order valence-corrected chi connectivity index (χ0v) is 24.9. The molecule has 1 aliphatic rings. The molecule has 2 rings (SSSR count). The Kier molecular flexibility index (Phi) is 12.6. The van der Waals surface area contributed by atoms with E-state index < -0.39 is 48.3 Å². The van der Waals surface area contributed by atoms with Gasteiger partial charge in [0.1, 0.15) is 12.2 Å². The van der Waals surface area contributed by atoms with Gasteiger partial charge in [0, 0.05) is 13.5 Å². The summed E-state index contributed by atoms with van der Waals surface area (Å²) in [6.07, 6.45) is -6.07. The highest BCUT2D eigenvalue weighted by atomic mass is 127. The maximum atomic E-state index is 13.5. The number of methoxy groups -OCH3 is 3. The van der Waals surface area contributed by atoms with Crippen LogP contribution in [0.1, 0.15) is 43.1 Å². The van der Waals surface area contributed by atoms with Gasteiger partial charge in [0.15, 0.2) is 24.1 Å². The highest BCUT2D eigenvalue weighted by molar-refractivity contribution is 14.1. The number of carbonyl (C=O) groups is 1. The third kappa shape index (κ3) is 7.60. The molecule has 4 N–H and O–H groups in total. The van der Waals surface area contributed by atoms with Crippen molar-refractivity contribution in [1.82, 2.24) is 0 Å². The van der Waals surface area contributed by atoms with Gasteiger partial charge in [-0.1, -0.05) is 11.8 Å². The fourth-order valence-corrected chi connectivity index (χ4v) is 5.87. The average molecular weight is 661 g/mol. The van der Waals surface area contributed by atoms with Crippen LogP contribution in [-0.2, 0) is 14.2 Å². The molecule has 1 aliphatic heterocycles. The van der Waals surface area contributed by atoms with Crippen molar-refractivity contribution in [3.8, 4) is 17.2 Å². The fraction of sp³-hybridized carbons (Fsp3) is 0.708. The monoisotopic (exact) mass is 660 g/mol. The summed E-state index contributed by atoms with van der Waals surface area (Å²) >= 11 is 2.96. The van der Waals surface area contributed by atoms with Gasteiger partial charge in [-0.05, 0) is 55.8 Å². The molecule has 1 fully saturated rings. The number of carbonyl (C=O) groups excluding carboxylic acids is 1. The zero-order chi connectivity index (χ0) is 28.0. The molecule has 0 saturated carbocycles. The molecule has 0 aromatic heterocycles. The number of rotatable bonds is 12. The van der Waals surface area contributed by atoms with E-state index in [2.05, 4.69) is 0 Å². The van der Waals surface area contributed by atoms with Crippen molar-refractivity contribution in [2.45, 2.75) is 82.5 Å². The molecule has 13 heteroatoms. The first-order chi connectivity index (χ1) is 17.4. The fourth-order valence-electron chi connectivity index (χ4n) is 4.09. The Labute approximate surface area is 234 Å². The van der Waals surface area contributed by atoms with E-state index in [0.717, 1.165) is 11.8 Å². The number of benzene rings is 1. The van der Waals surface area contributed by atoms with E-state index in [0.29, 0.717) is 9.13 Å². The van der Waals surface area contributed by atoms with E-state index in [1.807, 2.05) is 22.6 Å². The molecule has 1 heterocycles. The second-order valence-corrected chi connectivity index (χ2v) is 10.9. The lowest BCUT2D eigenvalue weighted by molar-refractivity contribution is -0.179. The van der Waals surface area contributed by atoms with Gasteiger partial charge in [-0.2, -0.15) is 0 Å². The molecule has 8 atom stereocenters. The van der Waals surface area contributed by atoms with Crippen molar-refractivity contribution in [3.63, 3.8) is 0 Å². The van der Waals surface area contributed by atoms with Gasteiger partial charge in [0.2, 0.25) is 10.9 Å². The minimum Gasteiger partial charge on any atom is -0.492 e. The van der Waals surface area contributed by atoms with Crippen LogP contribution >= 0.6 is 34.4 Å². The predicted octanol–water partition coefficient (Wildman–Crippen LogP) is 1.85. The van der Waals surface area contributed by atoms with Gasteiger partial charge >= 0.3 is 0 Å². The third-order valence-corrected chi connectivity index (χ3v) is 8.78. The molecule has 1 aromatic rings. The van der Waals surface area contributed by atoms with Crippen molar-refractivity contribution >= 4 is 39.5 Å². The molecular formula is C24H37IO11S. The van der Waals surface area contributed by atoms with Crippen molar-refractivity contribution in [2.24, 2.45) is 0 Å². The standard InChI is InChI=1S/C24H37IO11S/c1-10-17(24(30)37-23-12(3)35-16(28)8-14(23)27)20(32-6)22(33-7)21(18(10)25)36-13(4)34-11(2)19(29)15(9-26)31-5/h11-16,19,23,26-29H,8-9H2,1-7H3. The van der Waals surface area contributed by atoms with Gasteiger partial charge in [-0.25, -0.2) is 0 Å². The first-order valence-electron chi connectivity index (χ1n) is 11.7. The molecule has 0 spiro atoms. The van der Waals surface area contributed by atoms with Crippen LogP contribution in [0.5, 0.6) is 17.2 Å². The molecule has 1 aromatic carbocycles. The molecule has 212 valence electrons. The number of ether oxygens (including phenoxy) is 6. The summed E-state index contributed by atoms with van der Waals surface area (Å²) < 4.78 is 34.0. The smallest absolute Gasteiger partial charge is 0.224 e. The van der Waals surface area contributed by atoms with Crippen LogP contribution in [0.3, 0.4) is 0 Å². The maximum absolute atomic E-state index is 13.5. The number of aliphatic hydroxyl groups excluding tert-OH is 4. The first kappa shape index (κ1) is 32.3. The molecule has 11 nitrogen and oxygen atoms in total. The topological polar surface area (TPSA) is 153 Å². The highest BCUT2D eigenvalue weighted by Gasteiger charge is 2.39. The minimum absolute atomic E-state index is 0.00742. The van der Waals surface area contributed by atoms with Crippen LogP contribution < -0.4 is 14.2 Å². The Balaban J connectivity index is 2.34. The average Bonchev–Trinajstić information content (AvgIpc) is 2.84. The van der Waals surface area contributed by atoms with E-state index in [1.165, 1.54) is 21.3 Å². The number of hydrogen-bond acceptors (Lipinski definition) is 12. The van der Waals surface area contributed by atoms with E-state index in [4.69, 9.17) is 28.4 Å². The van der Waals surface area contributed by atoms with Crippen molar-refractivity contribution in [1.29, 1.82) is 0 Å². The summed E-state index contributed by atoms with van der Waals surface area (Å²) in [6, 6.07) is 0. The Morgan fingerprint density at radius 1 is 1.16 bits per heavy atom. The molecule has 37 heavy (non-hydrogen) atoms. The summed E-state index contributed by atoms with van der Waals surface area (Å²) in [5.74, 6) is 0.627. The lowest BCUT2D eigenvalue weighted by Crippen LogP contribution is -2.45. The molecule has 1 saturated heterocycles. The van der Waals surface area contributed by atoms with Crippen LogP contribution in [0.15, 0.2) is 0 Å². The summed E-state index contributed by atoms with van der Waals surface area (Å²) in [5, 5.41) is 38.9. The Morgan fingerprint density at radius 3 is 2.30 bits per heavy atom. The molecule has 0 amide bonds. The summed E-state index contributed by atoms with van der Waals surface area (Å²) in [5.41, 5.74) is 0.833. The first-order valence-corrected chi connectivity index (χ1v) is 13.7. The zero-order valence-electron chi connectivity index (χ0n) is 22.0.